The monoisotopic (exact) mass is 292 g/mol. The summed E-state index contributed by atoms with van der Waals surface area (Å²) in [6.07, 6.45) is 0. The third-order valence-corrected chi connectivity index (χ3v) is 3.72. The number of hydrogen-bond acceptors (Lipinski definition) is 5. The van der Waals surface area contributed by atoms with Crippen LogP contribution in [-0.4, -0.2) is 31.3 Å². The number of carbonyl (C=O) groups excluding carboxylic acids is 1. The van der Waals surface area contributed by atoms with Gasteiger partial charge in [-0.3, -0.25) is 4.79 Å². The van der Waals surface area contributed by atoms with E-state index in [0.717, 1.165) is 0 Å². The van der Waals surface area contributed by atoms with Crippen molar-refractivity contribution in [3.8, 4) is 5.75 Å². The molecule has 0 saturated heterocycles. The van der Waals surface area contributed by atoms with Crippen molar-refractivity contribution in [1.29, 1.82) is 0 Å². The minimum atomic E-state index is -0.233. The fraction of sp³-hybridized carbons (Fsp3) is 0.214. The van der Waals surface area contributed by atoms with Crippen molar-refractivity contribution in [2.24, 2.45) is 0 Å². The molecule has 0 unspecified atom stereocenters. The first-order valence-electron chi connectivity index (χ1n) is 6.07. The summed E-state index contributed by atoms with van der Waals surface area (Å²) >= 11 is 1.30. The van der Waals surface area contributed by atoms with Crippen molar-refractivity contribution < 1.29 is 14.6 Å². The lowest BCUT2D eigenvalue weighted by Gasteiger charge is -2.23. The van der Waals surface area contributed by atoms with Gasteiger partial charge in [-0.15, -0.1) is 11.3 Å². The normalized spacial score (nSPS) is 10.3. The number of carbonyl (C=O) groups is 1. The number of rotatable bonds is 5. The smallest absolute Gasteiger partial charge is 0.272 e. The lowest BCUT2D eigenvalue weighted by Crippen LogP contribution is -2.33. The summed E-state index contributed by atoms with van der Waals surface area (Å²) in [5.41, 5.74) is 6.99. The maximum absolute atomic E-state index is 12.6. The summed E-state index contributed by atoms with van der Waals surface area (Å²) in [6, 6.07) is 8.81. The molecule has 106 valence electrons. The Morgan fingerprint density at radius 1 is 1.40 bits per heavy atom. The van der Waals surface area contributed by atoms with Crippen LogP contribution in [-0.2, 0) is 0 Å². The molecule has 1 aromatic carbocycles. The van der Waals surface area contributed by atoms with Gasteiger partial charge in [0.25, 0.3) is 5.91 Å². The molecule has 5 nitrogen and oxygen atoms in total. The van der Waals surface area contributed by atoms with Crippen LogP contribution in [0.25, 0.3) is 0 Å². The minimum Gasteiger partial charge on any atom is -0.495 e. The van der Waals surface area contributed by atoms with E-state index in [0.29, 0.717) is 22.0 Å². The molecule has 1 amide bonds. The van der Waals surface area contributed by atoms with E-state index in [9.17, 15) is 9.90 Å². The van der Waals surface area contributed by atoms with Gasteiger partial charge >= 0.3 is 0 Å². The van der Waals surface area contributed by atoms with Crippen LogP contribution >= 0.6 is 11.3 Å². The summed E-state index contributed by atoms with van der Waals surface area (Å²) in [5.74, 6) is 0.293. The van der Waals surface area contributed by atoms with E-state index < -0.39 is 0 Å². The topological polar surface area (TPSA) is 75.8 Å². The highest BCUT2D eigenvalue weighted by Crippen LogP contribution is 2.30. The van der Waals surface area contributed by atoms with Crippen LogP contribution in [0.3, 0.4) is 0 Å². The van der Waals surface area contributed by atoms with Crippen molar-refractivity contribution in [1.82, 2.24) is 0 Å². The molecule has 0 aliphatic heterocycles. The van der Waals surface area contributed by atoms with E-state index in [1.54, 1.807) is 35.7 Å². The molecule has 0 bridgehead atoms. The highest BCUT2D eigenvalue weighted by Gasteiger charge is 2.23. The van der Waals surface area contributed by atoms with E-state index in [1.807, 2.05) is 0 Å². The van der Waals surface area contributed by atoms with Crippen molar-refractivity contribution >= 4 is 28.6 Å². The number of aliphatic hydroxyl groups excluding tert-OH is 1. The zero-order valence-electron chi connectivity index (χ0n) is 11.1. The van der Waals surface area contributed by atoms with Gasteiger partial charge in [-0.1, -0.05) is 12.1 Å². The Hall–Kier alpha value is -2.05. The number of hydrogen-bond donors (Lipinski definition) is 2. The lowest BCUT2D eigenvalue weighted by atomic mass is 10.2. The molecule has 20 heavy (non-hydrogen) atoms. The van der Waals surface area contributed by atoms with Crippen LogP contribution in [0.15, 0.2) is 35.7 Å². The maximum atomic E-state index is 12.6. The quantitative estimate of drug-likeness (QED) is 0.826. The number of nitrogens with two attached hydrogens (primary N) is 1. The Morgan fingerprint density at radius 2 is 2.15 bits per heavy atom. The van der Waals surface area contributed by atoms with Crippen molar-refractivity contribution in [2.75, 3.05) is 30.9 Å². The van der Waals surface area contributed by atoms with E-state index in [4.69, 9.17) is 10.5 Å². The SMILES string of the molecule is COc1ccsc1C(=O)N(CCO)c1ccccc1N. The van der Waals surface area contributed by atoms with E-state index in [2.05, 4.69) is 0 Å². The molecule has 0 aliphatic carbocycles. The molecule has 1 aromatic heterocycles. The first-order chi connectivity index (χ1) is 9.69. The van der Waals surface area contributed by atoms with Crippen LogP contribution in [0.4, 0.5) is 11.4 Å². The predicted molar refractivity (Wildman–Crippen MR) is 80.5 cm³/mol. The van der Waals surface area contributed by atoms with Gasteiger partial charge in [0.1, 0.15) is 10.6 Å². The first kappa shape index (κ1) is 14.4. The number of ether oxygens (including phenoxy) is 1. The second kappa shape index (κ2) is 6.40. The third kappa shape index (κ3) is 2.76. The van der Waals surface area contributed by atoms with Gasteiger partial charge < -0.3 is 20.5 Å². The largest absolute Gasteiger partial charge is 0.495 e. The summed E-state index contributed by atoms with van der Waals surface area (Å²) < 4.78 is 5.17. The van der Waals surface area contributed by atoms with Gasteiger partial charge in [0.2, 0.25) is 0 Å². The molecule has 0 atom stereocenters. The second-order valence-electron chi connectivity index (χ2n) is 4.06. The molecular weight excluding hydrogens is 276 g/mol. The third-order valence-electron chi connectivity index (χ3n) is 2.84. The Bertz CT molecular complexity index is 598. The van der Waals surface area contributed by atoms with Crippen LogP contribution in [0.2, 0.25) is 0 Å². The van der Waals surface area contributed by atoms with Crippen molar-refractivity contribution in [2.45, 2.75) is 0 Å². The molecule has 2 aromatic rings. The fourth-order valence-electron chi connectivity index (χ4n) is 1.90. The minimum absolute atomic E-state index is 0.145. The summed E-state index contributed by atoms with van der Waals surface area (Å²) in [4.78, 5) is 14.6. The molecule has 0 spiro atoms. The molecule has 1 heterocycles. The zero-order valence-corrected chi connectivity index (χ0v) is 11.9. The number of benzene rings is 1. The van der Waals surface area contributed by atoms with Crippen LogP contribution < -0.4 is 15.4 Å². The van der Waals surface area contributed by atoms with Gasteiger partial charge in [0.15, 0.2) is 0 Å². The summed E-state index contributed by atoms with van der Waals surface area (Å²) in [7, 11) is 1.52. The number of para-hydroxylation sites is 2. The highest BCUT2D eigenvalue weighted by molar-refractivity contribution is 7.12. The van der Waals surface area contributed by atoms with Gasteiger partial charge in [0, 0.05) is 6.54 Å². The van der Waals surface area contributed by atoms with Gasteiger partial charge in [-0.05, 0) is 23.6 Å². The van der Waals surface area contributed by atoms with E-state index >= 15 is 0 Å². The average molecular weight is 292 g/mol. The second-order valence-corrected chi connectivity index (χ2v) is 4.97. The van der Waals surface area contributed by atoms with Gasteiger partial charge in [-0.25, -0.2) is 0 Å². The fourth-order valence-corrected chi connectivity index (χ4v) is 2.71. The van der Waals surface area contributed by atoms with Crippen LogP contribution in [0.5, 0.6) is 5.75 Å². The first-order valence-corrected chi connectivity index (χ1v) is 6.95. The maximum Gasteiger partial charge on any atom is 0.272 e. The lowest BCUT2D eigenvalue weighted by molar-refractivity contribution is 0.0982. The molecule has 0 radical (unpaired) electrons. The van der Waals surface area contributed by atoms with Crippen molar-refractivity contribution in [3.63, 3.8) is 0 Å². The molecule has 0 saturated carbocycles. The Labute approximate surface area is 121 Å². The van der Waals surface area contributed by atoms with Crippen LogP contribution in [0, 0.1) is 0 Å². The van der Waals surface area contributed by atoms with Crippen LogP contribution in [0.1, 0.15) is 9.67 Å². The number of amides is 1. The Balaban J connectivity index is 2.39. The standard InChI is InChI=1S/C14H16N2O3S/c1-19-12-6-9-20-13(12)14(18)16(7-8-17)11-5-3-2-4-10(11)15/h2-6,9,17H,7-8,15H2,1H3. The number of thiophene rings is 1. The van der Waals surface area contributed by atoms with Gasteiger partial charge in [-0.2, -0.15) is 0 Å². The Morgan fingerprint density at radius 3 is 2.80 bits per heavy atom. The Kier molecular flexibility index (Phi) is 4.60. The zero-order chi connectivity index (χ0) is 14.5. The van der Waals surface area contributed by atoms with Crippen molar-refractivity contribution in [3.05, 3.63) is 40.6 Å². The number of anilines is 2. The van der Waals surface area contributed by atoms with E-state index in [-0.39, 0.29) is 19.1 Å². The molecular formula is C14H16N2O3S. The summed E-state index contributed by atoms with van der Waals surface area (Å²) in [5, 5.41) is 11.0. The number of nitrogen functional groups attached to an aromatic ring is 1. The number of aliphatic hydroxyl groups is 1. The average Bonchev–Trinajstić information content (AvgIpc) is 2.93. The number of methoxy groups -OCH3 is 1. The predicted octanol–water partition coefficient (Wildman–Crippen LogP) is 1.98. The molecule has 6 heteroatoms. The summed E-state index contributed by atoms with van der Waals surface area (Å²) in [6.45, 7) is 0.0296. The van der Waals surface area contributed by atoms with E-state index in [1.165, 1.54) is 23.3 Å². The number of nitrogens with zero attached hydrogens (tertiary/aromatic N) is 1. The molecule has 2 rings (SSSR count). The molecule has 3 N–H and O–H groups in total. The van der Waals surface area contributed by atoms with Gasteiger partial charge in [0.05, 0.1) is 25.1 Å². The molecule has 0 aliphatic rings. The highest BCUT2D eigenvalue weighted by atomic mass is 32.1. The molecule has 0 fully saturated rings.